The molecule has 0 heterocycles. The molecule has 0 radical (unpaired) electrons. The van der Waals surface area contributed by atoms with Gasteiger partial charge in [-0.1, -0.05) is 70.9 Å². The van der Waals surface area contributed by atoms with Crippen LogP contribution in [0.2, 0.25) is 0 Å². The van der Waals surface area contributed by atoms with Crippen LogP contribution in [-0.2, 0) is 4.79 Å². The first-order valence-electron chi connectivity index (χ1n) is 8.53. The van der Waals surface area contributed by atoms with Crippen molar-refractivity contribution in [2.45, 2.75) is 90.9 Å². The van der Waals surface area contributed by atoms with Crippen molar-refractivity contribution in [3.63, 3.8) is 0 Å². The Morgan fingerprint density at radius 2 is 1.50 bits per heavy atom. The van der Waals surface area contributed by atoms with Crippen molar-refractivity contribution in [1.82, 2.24) is 0 Å². The number of hydrogen-bond donors (Lipinski definition) is 1. The average Bonchev–Trinajstić information content (AvgIpc) is 2.43. The summed E-state index contributed by atoms with van der Waals surface area (Å²) in [6.45, 7) is 4.63. The zero-order valence-electron chi connectivity index (χ0n) is 13.6. The molecule has 0 bridgehead atoms. The average molecular weight is 282 g/mol. The van der Waals surface area contributed by atoms with E-state index >= 15 is 0 Å². The van der Waals surface area contributed by atoms with Crippen LogP contribution in [0.5, 0.6) is 0 Å². The highest BCUT2D eigenvalue weighted by Crippen LogP contribution is 2.14. The summed E-state index contributed by atoms with van der Waals surface area (Å²) >= 11 is 0. The smallest absolute Gasteiger partial charge is 0.303 e. The molecule has 2 heteroatoms. The minimum absolute atomic E-state index is 0.293. The van der Waals surface area contributed by atoms with Gasteiger partial charge in [0.15, 0.2) is 0 Å². The van der Waals surface area contributed by atoms with Gasteiger partial charge in [0.05, 0.1) is 0 Å². The maximum absolute atomic E-state index is 10.3. The first-order valence-corrected chi connectivity index (χ1v) is 8.53. The maximum atomic E-state index is 10.3. The van der Waals surface area contributed by atoms with E-state index in [1.54, 1.807) is 0 Å². The quantitative estimate of drug-likeness (QED) is 0.315. The van der Waals surface area contributed by atoms with Crippen LogP contribution in [0, 0.1) is 5.92 Å². The lowest BCUT2D eigenvalue weighted by atomic mass is 10.00. The predicted octanol–water partition coefficient (Wildman–Crippen LogP) is 5.96. The molecular weight excluding hydrogens is 248 g/mol. The zero-order valence-corrected chi connectivity index (χ0v) is 13.6. The molecule has 0 fully saturated rings. The monoisotopic (exact) mass is 282 g/mol. The minimum Gasteiger partial charge on any atom is -0.481 e. The minimum atomic E-state index is -0.688. The molecule has 2 nitrogen and oxygen atoms in total. The molecule has 0 saturated carbocycles. The SMILES string of the molecule is CCC(C)CCCCCCCC/C=C/CCCC(=O)O. The van der Waals surface area contributed by atoms with Crippen LogP contribution in [0.4, 0.5) is 0 Å². The van der Waals surface area contributed by atoms with Gasteiger partial charge in [0, 0.05) is 6.42 Å². The molecule has 0 saturated heterocycles. The van der Waals surface area contributed by atoms with Crippen molar-refractivity contribution in [2.24, 2.45) is 5.92 Å². The van der Waals surface area contributed by atoms with Gasteiger partial charge in [-0.05, 0) is 31.6 Å². The summed E-state index contributed by atoms with van der Waals surface area (Å²) in [7, 11) is 0. The largest absolute Gasteiger partial charge is 0.481 e. The molecule has 20 heavy (non-hydrogen) atoms. The van der Waals surface area contributed by atoms with Crippen molar-refractivity contribution in [1.29, 1.82) is 0 Å². The standard InChI is InChI=1S/C18H34O2/c1-3-17(2)15-13-11-9-7-5-4-6-8-10-12-14-16-18(19)20/h8,10,17H,3-7,9,11-16H2,1-2H3,(H,19,20)/b10-8+. The molecule has 0 aliphatic carbocycles. The highest BCUT2D eigenvalue weighted by atomic mass is 16.4. The fraction of sp³-hybridized carbons (Fsp3) is 0.833. The van der Waals surface area contributed by atoms with Gasteiger partial charge in [0.25, 0.3) is 0 Å². The van der Waals surface area contributed by atoms with Crippen LogP contribution >= 0.6 is 0 Å². The summed E-state index contributed by atoms with van der Waals surface area (Å²) in [4.78, 5) is 10.3. The van der Waals surface area contributed by atoms with Gasteiger partial charge in [-0.15, -0.1) is 0 Å². The summed E-state index contributed by atoms with van der Waals surface area (Å²) in [6, 6.07) is 0. The van der Waals surface area contributed by atoms with E-state index in [0.29, 0.717) is 6.42 Å². The summed E-state index contributed by atoms with van der Waals surface area (Å²) in [5, 5.41) is 8.50. The Balaban J connectivity index is 3.12. The summed E-state index contributed by atoms with van der Waals surface area (Å²) in [6.07, 6.45) is 18.3. The topological polar surface area (TPSA) is 37.3 Å². The van der Waals surface area contributed by atoms with E-state index in [0.717, 1.165) is 25.2 Å². The fourth-order valence-electron chi connectivity index (χ4n) is 2.27. The zero-order chi connectivity index (χ0) is 15.1. The highest BCUT2D eigenvalue weighted by Gasteiger charge is 1.98. The van der Waals surface area contributed by atoms with Crippen molar-refractivity contribution in [2.75, 3.05) is 0 Å². The van der Waals surface area contributed by atoms with E-state index in [1.807, 2.05) is 0 Å². The third kappa shape index (κ3) is 15.3. The van der Waals surface area contributed by atoms with E-state index in [1.165, 1.54) is 51.4 Å². The van der Waals surface area contributed by atoms with E-state index in [4.69, 9.17) is 5.11 Å². The third-order valence-electron chi connectivity index (χ3n) is 3.94. The van der Waals surface area contributed by atoms with E-state index in [2.05, 4.69) is 26.0 Å². The highest BCUT2D eigenvalue weighted by molar-refractivity contribution is 5.66. The van der Waals surface area contributed by atoms with E-state index in [-0.39, 0.29) is 0 Å². The van der Waals surface area contributed by atoms with Crippen LogP contribution in [-0.4, -0.2) is 11.1 Å². The number of carboxylic acids is 1. The second kappa shape index (κ2) is 14.6. The van der Waals surface area contributed by atoms with Crippen molar-refractivity contribution < 1.29 is 9.90 Å². The second-order valence-corrected chi connectivity index (χ2v) is 5.97. The Hall–Kier alpha value is -0.790. The van der Waals surface area contributed by atoms with Gasteiger partial charge in [-0.3, -0.25) is 4.79 Å². The second-order valence-electron chi connectivity index (χ2n) is 5.97. The Morgan fingerprint density at radius 1 is 0.950 bits per heavy atom. The van der Waals surface area contributed by atoms with Crippen LogP contribution < -0.4 is 0 Å². The number of aliphatic carboxylic acids is 1. The summed E-state index contributed by atoms with van der Waals surface area (Å²) in [5.74, 6) is 0.216. The van der Waals surface area contributed by atoms with Crippen LogP contribution in [0.3, 0.4) is 0 Å². The molecule has 0 spiro atoms. The van der Waals surface area contributed by atoms with Crippen molar-refractivity contribution >= 4 is 5.97 Å². The number of rotatable bonds is 14. The molecule has 118 valence electrons. The fourth-order valence-corrected chi connectivity index (χ4v) is 2.27. The molecule has 0 amide bonds. The lowest BCUT2D eigenvalue weighted by Gasteiger charge is -2.07. The van der Waals surface area contributed by atoms with Gasteiger partial charge in [-0.25, -0.2) is 0 Å². The predicted molar refractivity (Wildman–Crippen MR) is 87.0 cm³/mol. The van der Waals surface area contributed by atoms with Crippen LogP contribution in [0.1, 0.15) is 90.9 Å². The van der Waals surface area contributed by atoms with Gasteiger partial charge in [0.1, 0.15) is 0 Å². The number of allylic oxidation sites excluding steroid dienone is 2. The van der Waals surface area contributed by atoms with Gasteiger partial charge >= 0.3 is 5.97 Å². The third-order valence-corrected chi connectivity index (χ3v) is 3.94. The van der Waals surface area contributed by atoms with Crippen molar-refractivity contribution in [3.05, 3.63) is 12.2 Å². The summed E-state index contributed by atoms with van der Waals surface area (Å²) < 4.78 is 0. The number of hydrogen-bond acceptors (Lipinski definition) is 1. The Kier molecular flexibility index (Phi) is 14.0. The van der Waals surface area contributed by atoms with Gasteiger partial charge in [-0.2, -0.15) is 0 Å². The van der Waals surface area contributed by atoms with Crippen LogP contribution in [0.15, 0.2) is 12.2 Å². The van der Waals surface area contributed by atoms with E-state index < -0.39 is 5.97 Å². The molecule has 0 aromatic rings. The molecule has 1 atom stereocenters. The van der Waals surface area contributed by atoms with Crippen molar-refractivity contribution in [3.8, 4) is 0 Å². The first-order chi connectivity index (χ1) is 9.66. The molecule has 0 aliphatic rings. The first kappa shape index (κ1) is 19.2. The Labute approximate surface area is 125 Å². The lowest BCUT2D eigenvalue weighted by Crippen LogP contribution is -1.92. The summed E-state index contributed by atoms with van der Waals surface area (Å²) in [5.41, 5.74) is 0. The van der Waals surface area contributed by atoms with Gasteiger partial charge in [0.2, 0.25) is 0 Å². The van der Waals surface area contributed by atoms with Gasteiger partial charge < -0.3 is 5.11 Å². The van der Waals surface area contributed by atoms with Crippen LogP contribution in [0.25, 0.3) is 0 Å². The molecular formula is C18H34O2. The Bertz CT molecular complexity index is 246. The Morgan fingerprint density at radius 3 is 2.10 bits per heavy atom. The molecule has 0 aliphatic heterocycles. The number of carbonyl (C=O) groups is 1. The maximum Gasteiger partial charge on any atom is 0.303 e. The molecule has 0 rings (SSSR count). The normalized spacial score (nSPS) is 12.9. The lowest BCUT2D eigenvalue weighted by molar-refractivity contribution is -0.137. The molecule has 1 unspecified atom stereocenters. The van der Waals surface area contributed by atoms with E-state index in [9.17, 15) is 4.79 Å². The molecule has 0 aromatic carbocycles. The molecule has 1 N–H and O–H groups in total. The molecule has 0 aromatic heterocycles. The number of unbranched alkanes of at least 4 members (excludes halogenated alkanes) is 7. The number of carboxylic acid groups (broad SMARTS) is 1.